The number of nitrogens with one attached hydrogen (secondary N) is 1. The van der Waals surface area contributed by atoms with Gasteiger partial charge in [0.15, 0.2) is 5.96 Å². The molecular formula is C17H26ClN5S. The molecule has 0 radical (unpaired) electrons. The van der Waals surface area contributed by atoms with Crippen LogP contribution >= 0.6 is 22.9 Å². The first-order valence-corrected chi connectivity index (χ1v) is 9.33. The lowest BCUT2D eigenvalue weighted by Gasteiger charge is -2.22. The molecule has 1 N–H and O–H groups in total. The van der Waals surface area contributed by atoms with Crippen LogP contribution in [0, 0.1) is 0 Å². The van der Waals surface area contributed by atoms with Crippen LogP contribution in [0.3, 0.4) is 0 Å². The Labute approximate surface area is 153 Å². The van der Waals surface area contributed by atoms with E-state index in [1.807, 2.05) is 30.9 Å². The van der Waals surface area contributed by atoms with Crippen molar-refractivity contribution in [1.82, 2.24) is 19.8 Å². The van der Waals surface area contributed by atoms with Gasteiger partial charge in [-0.2, -0.15) is 0 Å². The molecular weight excluding hydrogens is 342 g/mol. The molecule has 2 heterocycles. The van der Waals surface area contributed by atoms with E-state index in [-0.39, 0.29) is 0 Å². The van der Waals surface area contributed by atoms with Crippen LogP contribution in [-0.2, 0) is 20.0 Å². The number of hydrogen-bond acceptors (Lipinski definition) is 3. The first kappa shape index (κ1) is 18.8. The number of guanidine groups is 1. The fourth-order valence-electron chi connectivity index (χ4n) is 2.43. The van der Waals surface area contributed by atoms with E-state index in [9.17, 15) is 0 Å². The Hall–Kier alpha value is -1.53. The van der Waals surface area contributed by atoms with Crippen LogP contribution in [0.2, 0.25) is 5.02 Å². The van der Waals surface area contributed by atoms with Crippen molar-refractivity contribution in [2.75, 3.05) is 20.6 Å². The monoisotopic (exact) mass is 367 g/mol. The van der Waals surface area contributed by atoms with Gasteiger partial charge in [-0.25, -0.2) is 4.98 Å². The second-order valence-electron chi connectivity index (χ2n) is 6.17. The molecule has 2 rings (SSSR count). The van der Waals surface area contributed by atoms with Crippen LogP contribution in [0.5, 0.6) is 0 Å². The lowest BCUT2D eigenvalue weighted by Crippen LogP contribution is -2.39. The maximum absolute atomic E-state index is 6.05. The molecule has 0 aliphatic carbocycles. The van der Waals surface area contributed by atoms with Gasteiger partial charge in [0.05, 0.1) is 22.3 Å². The molecule has 0 aliphatic heterocycles. The molecule has 0 saturated carbocycles. The van der Waals surface area contributed by atoms with E-state index in [0.29, 0.717) is 5.92 Å². The highest BCUT2D eigenvalue weighted by Gasteiger charge is 2.10. The molecule has 0 aliphatic rings. The average molecular weight is 368 g/mol. The van der Waals surface area contributed by atoms with E-state index in [0.717, 1.165) is 41.9 Å². The van der Waals surface area contributed by atoms with Crippen LogP contribution < -0.4 is 5.32 Å². The number of thiazole rings is 1. The molecule has 0 fully saturated rings. The third-order valence-electron chi connectivity index (χ3n) is 3.77. The quantitative estimate of drug-likeness (QED) is 0.627. The van der Waals surface area contributed by atoms with E-state index in [4.69, 9.17) is 11.6 Å². The number of aromatic nitrogens is 2. The van der Waals surface area contributed by atoms with Gasteiger partial charge in [-0.3, -0.25) is 4.99 Å². The number of nitrogens with zero attached hydrogens (tertiary/aromatic N) is 4. The number of halogens is 1. The van der Waals surface area contributed by atoms with Gasteiger partial charge in [-0.15, -0.1) is 11.3 Å². The van der Waals surface area contributed by atoms with Crippen molar-refractivity contribution in [3.63, 3.8) is 0 Å². The van der Waals surface area contributed by atoms with Crippen LogP contribution in [-0.4, -0.2) is 41.1 Å². The average Bonchev–Trinajstić information content (AvgIpc) is 3.10. The van der Waals surface area contributed by atoms with Crippen molar-refractivity contribution in [3.05, 3.63) is 39.1 Å². The molecule has 0 atom stereocenters. The Morgan fingerprint density at radius 1 is 1.50 bits per heavy atom. The van der Waals surface area contributed by atoms with Crippen molar-refractivity contribution in [1.29, 1.82) is 0 Å². The van der Waals surface area contributed by atoms with Crippen LogP contribution in [0.4, 0.5) is 0 Å². The zero-order valence-electron chi connectivity index (χ0n) is 15.0. The molecule has 0 spiro atoms. The fourth-order valence-corrected chi connectivity index (χ4v) is 3.57. The highest BCUT2D eigenvalue weighted by molar-refractivity contribution is 7.09. The molecule has 0 unspecified atom stereocenters. The molecule has 2 aromatic heterocycles. The van der Waals surface area contributed by atoms with Gasteiger partial charge in [0.2, 0.25) is 0 Å². The van der Waals surface area contributed by atoms with Crippen molar-refractivity contribution in [2.24, 2.45) is 12.0 Å². The standard InChI is InChI=1S/C17H26ClN5S/c1-12(2)16-21-14(11-24-16)6-7-20-17(19-3)23(5)10-15-8-13(18)9-22(15)4/h8-9,11-12H,6-7,10H2,1-5H3,(H,19,20). The molecule has 0 aromatic carbocycles. The third-order valence-corrected chi connectivity index (χ3v) is 5.18. The van der Waals surface area contributed by atoms with Gasteiger partial charge in [0.1, 0.15) is 0 Å². The highest BCUT2D eigenvalue weighted by Crippen LogP contribution is 2.19. The number of aryl methyl sites for hydroxylation is 1. The fraction of sp³-hybridized carbons (Fsp3) is 0.529. The zero-order valence-corrected chi connectivity index (χ0v) is 16.6. The summed E-state index contributed by atoms with van der Waals surface area (Å²) in [5, 5.41) is 7.51. The van der Waals surface area contributed by atoms with Crippen molar-refractivity contribution >= 4 is 28.9 Å². The predicted octanol–water partition coefficient (Wildman–Crippen LogP) is 3.51. The summed E-state index contributed by atoms with van der Waals surface area (Å²) in [7, 11) is 5.83. The lowest BCUT2D eigenvalue weighted by molar-refractivity contribution is 0.462. The minimum absolute atomic E-state index is 0.493. The summed E-state index contributed by atoms with van der Waals surface area (Å²) in [4.78, 5) is 11.1. The smallest absolute Gasteiger partial charge is 0.193 e. The third kappa shape index (κ3) is 4.98. The summed E-state index contributed by atoms with van der Waals surface area (Å²) in [5.74, 6) is 1.36. The second-order valence-corrected chi connectivity index (χ2v) is 7.50. The van der Waals surface area contributed by atoms with E-state index >= 15 is 0 Å². The van der Waals surface area contributed by atoms with Crippen molar-refractivity contribution < 1.29 is 0 Å². The van der Waals surface area contributed by atoms with Gasteiger partial charge >= 0.3 is 0 Å². The lowest BCUT2D eigenvalue weighted by atomic mass is 10.2. The Morgan fingerprint density at radius 2 is 2.25 bits per heavy atom. The Balaban J connectivity index is 1.86. The molecule has 24 heavy (non-hydrogen) atoms. The summed E-state index contributed by atoms with van der Waals surface area (Å²) in [5.41, 5.74) is 2.29. The van der Waals surface area contributed by atoms with Gasteiger partial charge in [-0.1, -0.05) is 25.4 Å². The van der Waals surface area contributed by atoms with Crippen LogP contribution in [0.15, 0.2) is 22.6 Å². The summed E-state index contributed by atoms with van der Waals surface area (Å²) in [6, 6.07) is 1.98. The van der Waals surface area contributed by atoms with Crippen molar-refractivity contribution in [2.45, 2.75) is 32.7 Å². The van der Waals surface area contributed by atoms with Gasteiger partial charge in [0, 0.05) is 57.3 Å². The number of rotatable bonds is 6. The first-order valence-electron chi connectivity index (χ1n) is 8.07. The zero-order chi connectivity index (χ0) is 17.7. The molecule has 2 aromatic rings. The van der Waals surface area contributed by atoms with Crippen molar-refractivity contribution in [3.8, 4) is 0 Å². The largest absolute Gasteiger partial charge is 0.356 e. The maximum atomic E-state index is 6.05. The molecule has 0 amide bonds. The van der Waals surface area contributed by atoms with Crippen LogP contribution in [0.1, 0.15) is 36.2 Å². The maximum Gasteiger partial charge on any atom is 0.193 e. The predicted molar refractivity (Wildman–Crippen MR) is 103 cm³/mol. The molecule has 0 saturated heterocycles. The summed E-state index contributed by atoms with van der Waals surface area (Å²) in [6.45, 7) is 5.91. The van der Waals surface area contributed by atoms with E-state index < -0.39 is 0 Å². The van der Waals surface area contributed by atoms with Gasteiger partial charge in [0.25, 0.3) is 0 Å². The molecule has 0 bridgehead atoms. The van der Waals surface area contributed by atoms with Gasteiger partial charge in [-0.05, 0) is 6.07 Å². The Kier molecular flexibility index (Phi) is 6.69. The summed E-state index contributed by atoms with van der Waals surface area (Å²) >= 11 is 7.79. The SMILES string of the molecule is CN=C(NCCc1csc(C(C)C)n1)N(C)Cc1cc(Cl)cn1C. The molecule has 7 heteroatoms. The normalized spacial score (nSPS) is 12.0. The van der Waals surface area contributed by atoms with Crippen LogP contribution in [0.25, 0.3) is 0 Å². The second kappa shape index (κ2) is 8.53. The number of hydrogen-bond donors (Lipinski definition) is 1. The summed E-state index contributed by atoms with van der Waals surface area (Å²) in [6.07, 6.45) is 2.81. The number of aliphatic imine (C=N–C) groups is 1. The minimum atomic E-state index is 0.493. The Bertz CT molecular complexity index is 689. The molecule has 5 nitrogen and oxygen atoms in total. The Morgan fingerprint density at radius 3 is 2.79 bits per heavy atom. The van der Waals surface area contributed by atoms with E-state index in [1.54, 1.807) is 18.4 Å². The van der Waals surface area contributed by atoms with E-state index in [2.05, 4.69) is 39.4 Å². The van der Waals surface area contributed by atoms with E-state index in [1.165, 1.54) is 5.01 Å². The topological polar surface area (TPSA) is 45.5 Å². The first-order chi connectivity index (χ1) is 11.4. The minimum Gasteiger partial charge on any atom is -0.356 e. The molecule has 132 valence electrons. The van der Waals surface area contributed by atoms with Gasteiger partial charge < -0.3 is 14.8 Å². The summed E-state index contributed by atoms with van der Waals surface area (Å²) < 4.78 is 2.04. The highest BCUT2D eigenvalue weighted by atomic mass is 35.5.